The van der Waals surface area contributed by atoms with E-state index in [0.717, 1.165) is 99.5 Å². The van der Waals surface area contributed by atoms with Crippen molar-refractivity contribution in [3.05, 3.63) is 191 Å². The van der Waals surface area contributed by atoms with Gasteiger partial charge in [-0.3, -0.25) is 0 Å². The molecule has 0 saturated carbocycles. The number of nitrogens with zero attached hydrogens (tertiary/aromatic N) is 2. The van der Waals surface area contributed by atoms with Crippen LogP contribution in [0.25, 0.3) is 65.4 Å². The second-order valence-electron chi connectivity index (χ2n) is 16.8. The molecule has 0 aliphatic carbocycles. The van der Waals surface area contributed by atoms with E-state index in [0.29, 0.717) is 0 Å². The Kier molecular flexibility index (Phi) is 8.15. The smallest absolute Gasteiger partial charge is 0.143 e. The standard InChI is InChI=1S/C56H44N2O2/c1-33-7-13-41(14-8-33)57(45-25-35(3)23-36(4)26-45)43-17-21-47-39(29-43)11-19-49-51-31-52-50-20-12-40-30-44(18-22-48(40)56(50)60-54(52)32-53(51)59-55(47)49)58(42-15-9-34(2)10-16-42)46-27-37(5)24-38(6)28-46/h7-32H,1-6H3. The number of hydrogen-bond donors (Lipinski definition) is 0. The molecule has 2 aromatic heterocycles. The molecular formula is C56H44N2O2. The maximum atomic E-state index is 6.74. The number of anilines is 6. The summed E-state index contributed by atoms with van der Waals surface area (Å²) in [6, 6.07) is 57.6. The lowest BCUT2D eigenvalue weighted by Gasteiger charge is -2.26. The number of fused-ring (bicyclic) bond motifs is 10. The molecule has 0 aliphatic rings. The zero-order valence-corrected chi connectivity index (χ0v) is 34.7. The quantitative estimate of drug-likeness (QED) is 0.168. The van der Waals surface area contributed by atoms with Crippen LogP contribution >= 0.6 is 0 Å². The van der Waals surface area contributed by atoms with E-state index in [9.17, 15) is 0 Å². The first-order chi connectivity index (χ1) is 29.1. The minimum absolute atomic E-state index is 0.818. The van der Waals surface area contributed by atoms with E-state index < -0.39 is 0 Å². The Morgan fingerprint density at radius 3 is 1.03 bits per heavy atom. The lowest BCUT2D eigenvalue weighted by atomic mass is 10.0. The third kappa shape index (κ3) is 5.98. The maximum Gasteiger partial charge on any atom is 0.143 e. The molecule has 4 nitrogen and oxygen atoms in total. The summed E-state index contributed by atoms with van der Waals surface area (Å²) in [7, 11) is 0. The van der Waals surface area contributed by atoms with Crippen LogP contribution in [0.2, 0.25) is 0 Å². The Morgan fingerprint density at radius 1 is 0.267 bits per heavy atom. The van der Waals surface area contributed by atoms with E-state index >= 15 is 0 Å². The topological polar surface area (TPSA) is 32.8 Å². The summed E-state index contributed by atoms with van der Waals surface area (Å²) in [5, 5.41) is 8.78. The molecule has 0 unspecified atom stereocenters. The molecule has 290 valence electrons. The van der Waals surface area contributed by atoms with Gasteiger partial charge in [0.1, 0.15) is 22.3 Å². The van der Waals surface area contributed by atoms with Gasteiger partial charge in [-0.2, -0.15) is 0 Å². The van der Waals surface area contributed by atoms with Gasteiger partial charge in [-0.05, 0) is 178 Å². The molecule has 4 heteroatoms. The molecule has 0 atom stereocenters. The normalized spacial score (nSPS) is 11.8. The van der Waals surface area contributed by atoms with Crippen LogP contribution in [0.1, 0.15) is 33.4 Å². The molecule has 9 aromatic carbocycles. The van der Waals surface area contributed by atoms with E-state index in [-0.39, 0.29) is 0 Å². The van der Waals surface area contributed by atoms with Crippen molar-refractivity contribution >= 4 is 99.5 Å². The fourth-order valence-corrected chi connectivity index (χ4v) is 9.31. The molecule has 0 fully saturated rings. The van der Waals surface area contributed by atoms with Gasteiger partial charge in [0.25, 0.3) is 0 Å². The van der Waals surface area contributed by atoms with Crippen LogP contribution in [0.5, 0.6) is 0 Å². The van der Waals surface area contributed by atoms with Crippen LogP contribution in [0.15, 0.2) is 167 Å². The molecule has 11 aromatic rings. The van der Waals surface area contributed by atoms with Crippen molar-refractivity contribution in [3.8, 4) is 0 Å². The highest BCUT2D eigenvalue weighted by molar-refractivity contribution is 6.22. The van der Waals surface area contributed by atoms with Gasteiger partial charge in [-0.15, -0.1) is 0 Å². The fourth-order valence-electron chi connectivity index (χ4n) is 9.31. The van der Waals surface area contributed by atoms with Gasteiger partial charge >= 0.3 is 0 Å². The highest BCUT2D eigenvalue weighted by Crippen LogP contribution is 2.44. The Bertz CT molecular complexity index is 3230. The molecule has 2 heterocycles. The Morgan fingerprint density at radius 2 is 0.633 bits per heavy atom. The van der Waals surface area contributed by atoms with E-state index in [4.69, 9.17) is 8.83 Å². The van der Waals surface area contributed by atoms with Gasteiger partial charge in [0.05, 0.1) is 0 Å². The Balaban J connectivity index is 1.01. The molecular weight excluding hydrogens is 733 g/mol. The first kappa shape index (κ1) is 35.8. The number of benzene rings is 9. The molecule has 0 spiro atoms. The molecule has 0 bridgehead atoms. The minimum atomic E-state index is 0.818. The summed E-state index contributed by atoms with van der Waals surface area (Å²) in [6.45, 7) is 12.9. The summed E-state index contributed by atoms with van der Waals surface area (Å²) >= 11 is 0. The highest BCUT2D eigenvalue weighted by atomic mass is 16.3. The van der Waals surface area contributed by atoms with Crippen molar-refractivity contribution in [2.45, 2.75) is 41.5 Å². The predicted molar refractivity (Wildman–Crippen MR) is 254 cm³/mol. The van der Waals surface area contributed by atoms with Crippen molar-refractivity contribution in [2.24, 2.45) is 0 Å². The van der Waals surface area contributed by atoms with Crippen LogP contribution in [-0.2, 0) is 0 Å². The average Bonchev–Trinajstić information content (AvgIpc) is 3.78. The van der Waals surface area contributed by atoms with Crippen LogP contribution < -0.4 is 9.80 Å². The summed E-state index contributed by atoms with van der Waals surface area (Å²) in [5.41, 5.74) is 17.6. The van der Waals surface area contributed by atoms with E-state index in [2.05, 4.69) is 209 Å². The average molecular weight is 777 g/mol. The van der Waals surface area contributed by atoms with E-state index in [1.807, 2.05) is 0 Å². The number of furan rings is 2. The molecule has 0 aliphatic heterocycles. The maximum absolute atomic E-state index is 6.74. The monoisotopic (exact) mass is 776 g/mol. The van der Waals surface area contributed by atoms with Crippen LogP contribution in [0, 0.1) is 41.5 Å². The zero-order valence-electron chi connectivity index (χ0n) is 34.7. The Hall–Kier alpha value is -7.30. The molecule has 0 amide bonds. The summed E-state index contributed by atoms with van der Waals surface area (Å²) in [4.78, 5) is 4.69. The number of hydrogen-bond acceptors (Lipinski definition) is 4. The largest absolute Gasteiger partial charge is 0.455 e. The first-order valence-corrected chi connectivity index (χ1v) is 20.7. The molecule has 0 radical (unpaired) electrons. The minimum Gasteiger partial charge on any atom is -0.455 e. The predicted octanol–water partition coefficient (Wildman–Crippen LogP) is 16.6. The summed E-state index contributed by atoms with van der Waals surface area (Å²) in [5.74, 6) is 0. The van der Waals surface area contributed by atoms with Gasteiger partial charge in [-0.25, -0.2) is 0 Å². The zero-order chi connectivity index (χ0) is 40.8. The fraction of sp³-hybridized carbons (Fsp3) is 0.107. The Labute approximate surface area is 349 Å². The van der Waals surface area contributed by atoms with Gasteiger partial charge in [0.2, 0.25) is 0 Å². The summed E-state index contributed by atoms with van der Waals surface area (Å²) < 4.78 is 13.5. The number of rotatable bonds is 6. The van der Waals surface area contributed by atoms with Crippen LogP contribution in [0.4, 0.5) is 34.1 Å². The van der Waals surface area contributed by atoms with Crippen LogP contribution in [-0.4, -0.2) is 0 Å². The first-order valence-electron chi connectivity index (χ1n) is 20.7. The lowest BCUT2D eigenvalue weighted by molar-refractivity contribution is 0.660. The van der Waals surface area contributed by atoms with Crippen molar-refractivity contribution in [2.75, 3.05) is 9.80 Å². The summed E-state index contributed by atoms with van der Waals surface area (Å²) in [6.07, 6.45) is 0. The van der Waals surface area contributed by atoms with Crippen molar-refractivity contribution in [1.82, 2.24) is 0 Å². The molecule has 60 heavy (non-hydrogen) atoms. The second kappa shape index (κ2) is 13.6. The van der Waals surface area contributed by atoms with Gasteiger partial charge in [-0.1, -0.05) is 59.7 Å². The van der Waals surface area contributed by atoms with Gasteiger partial charge in [0.15, 0.2) is 0 Å². The van der Waals surface area contributed by atoms with Gasteiger partial charge < -0.3 is 18.6 Å². The lowest BCUT2D eigenvalue weighted by Crippen LogP contribution is -2.10. The third-order valence-electron chi connectivity index (χ3n) is 12.0. The number of aryl methyl sites for hydroxylation is 6. The van der Waals surface area contributed by atoms with Crippen molar-refractivity contribution in [1.29, 1.82) is 0 Å². The molecule has 0 saturated heterocycles. The van der Waals surface area contributed by atoms with Crippen LogP contribution in [0.3, 0.4) is 0 Å². The van der Waals surface area contributed by atoms with E-state index in [1.165, 1.54) is 33.4 Å². The highest BCUT2D eigenvalue weighted by Gasteiger charge is 2.20. The van der Waals surface area contributed by atoms with E-state index in [1.54, 1.807) is 0 Å². The van der Waals surface area contributed by atoms with Crippen molar-refractivity contribution in [3.63, 3.8) is 0 Å². The third-order valence-corrected chi connectivity index (χ3v) is 12.0. The molecule has 11 rings (SSSR count). The second-order valence-corrected chi connectivity index (χ2v) is 16.8. The van der Waals surface area contributed by atoms with Crippen molar-refractivity contribution < 1.29 is 8.83 Å². The SMILES string of the molecule is Cc1ccc(N(c2cc(C)cc(C)c2)c2ccc3c(ccc4c5cc6c(cc5oc34)oc3c4ccc(N(c5ccc(C)cc5)c5cc(C)cc(C)c5)cc4ccc63)c2)cc1. The molecule has 0 N–H and O–H groups in total. The van der Waals surface area contributed by atoms with Gasteiger partial charge in [0, 0.05) is 72.5 Å².